The van der Waals surface area contributed by atoms with E-state index in [1.165, 1.54) is 0 Å². The maximum Gasteiger partial charge on any atom is 0.135 e. The molecule has 0 unspecified atom stereocenters. The standard InChI is InChI=1S/C12H12Cl2O2S/c13-9-1-5-11(15,6-2-9)17-12(16)7-3-10(14)4-8-12/h1-5,7,15-16H,6,8H2/t11-,12-/m0/s1. The quantitative estimate of drug-likeness (QED) is 0.767. The zero-order valence-corrected chi connectivity index (χ0v) is 11.3. The van der Waals surface area contributed by atoms with E-state index in [0.29, 0.717) is 22.9 Å². The Bertz CT molecular complexity index is 402. The van der Waals surface area contributed by atoms with Crippen LogP contribution in [0, 0.1) is 0 Å². The van der Waals surface area contributed by atoms with Gasteiger partial charge in [0.25, 0.3) is 0 Å². The molecule has 2 rings (SSSR count). The summed E-state index contributed by atoms with van der Waals surface area (Å²) in [7, 11) is 0. The lowest BCUT2D eigenvalue weighted by molar-refractivity contribution is 0.157. The molecule has 0 bridgehead atoms. The molecule has 2 atom stereocenters. The van der Waals surface area contributed by atoms with Crippen LogP contribution in [-0.2, 0) is 0 Å². The van der Waals surface area contributed by atoms with Crippen molar-refractivity contribution in [1.82, 2.24) is 0 Å². The van der Waals surface area contributed by atoms with Gasteiger partial charge < -0.3 is 10.2 Å². The molecule has 0 amide bonds. The molecule has 0 aromatic heterocycles. The third kappa shape index (κ3) is 3.39. The van der Waals surface area contributed by atoms with E-state index in [0.717, 1.165) is 11.8 Å². The van der Waals surface area contributed by atoms with Gasteiger partial charge in [-0.05, 0) is 24.3 Å². The van der Waals surface area contributed by atoms with Crippen LogP contribution in [-0.4, -0.2) is 20.1 Å². The molecule has 0 saturated heterocycles. The summed E-state index contributed by atoms with van der Waals surface area (Å²) in [5, 5.41) is 21.8. The molecule has 0 saturated carbocycles. The number of rotatable bonds is 2. The minimum absolute atomic E-state index is 0.376. The van der Waals surface area contributed by atoms with Crippen LogP contribution in [0.5, 0.6) is 0 Å². The Morgan fingerprint density at radius 3 is 1.65 bits per heavy atom. The van der Waals surface area contributed by atoms with Crippen molar-refractivity contribution in [3.05, 3.63) is 46.5 Å². The number of aliphatic hydroxyl groups is 2. The monoisotopic (exact) mass is 290 g/mol. The Morgan fingerprint density at radius 2 is 1.35 bits per heavy atom. The summed E-state index contributed by atoms with van der Waals surface area (Å²) in [6.07, 6.45) is 10.7. The minimum atomic E-state index is -1.13. The lowest BCUT2D eigenvalue weighted by atomic mass is 10.1. The molecule has 17 heavy (non-hydrogen) atoms. The van der Waals surface area contributed by atoms with Gasteiger partial charge in [-0.25, -0.2) is 0 Å². The van der Waals surface area contributed by atoms with E-state index in [-0.39, 0.29) is 0 Å². The molecule has 0 spiro atoms. The minimum Gasteiger partial charge on any atom is -0.375 e. The van der Waals surface area contributed by atoms with Crippen LogP contribution in [0.1, 0.15) is 12.8 Å². The van der Waals surface area contributed by atoms with Gasteiger partial charge in [0.05, 0.1) is 0 Å². The summed E-state index contributed by atoms with van der Waals surface area (Å²) in [6, 6.07) is 0. The zero-order chi connectivity index (χ0) is 12.5. The molecular weight excluding hydrogens is 279 g/mol. The Labute approximate surface area is 114 Å². The first-order valence-electron chi connectivity index (χ1n) is 5.16. The fraction of sp³-hybridized carbons (Fsp3) is 0.333. The van der Waals surface area contributed by atoms with Gasteiger partial charge in [0, 0.05) is 22.9 Å². The van der Waals surface area contributed by atoms with E-state index in [4.69, 9.17) is 23.2 Å². The summed E-state index contributed by atoms with van der Waals surface area (Å²) < 4.78 is 0. The molecule has 0 aromatic carbocycles. The third-order valence-corrected chi connectivity index (χ3v) is 4.41. The van der Waals surface area contributed by atoms with E-state index < -0.39 is 9.87 Å². The first kappa shape index (κ1) is 13.2. The SMILES string of the molecule is O[C@]1(S[C@@]2(O)C=CC(Cl)=CC2)C=CC(Cl)=CC1. The number of hydrogen-bond acceptors (Lipinski definition) is 3. The second kappa shape index (κ2) is 4.82. The van der Waals surface area contributed by atoms with Crippen molar-refractivity contribution in [2.45, 2.75) is 22.7 Å². The molecular formula is C12H12Cl2O2S. The van der Waals surface area contributed by atoms with Gasteiger partial charge in [-0.3, -0.25) is 0 Å². The first-order chi connectivity index (χ1) is 7.91. The van der Waals surface area contributed by atoms with Gasteiger partial charge in [0.1, 0.15) is 9.87 Å². The normalized spacial score (nSPS) is 36.7. The van der Waals surface area contributed by atoms with E-state index in [1.807, 2.05) is 0 Å². The van der Waals surface area contributed by atoms with Crippen molar-refractivity contribution in [3.8, 4) is 0 Å². The molecule has 5 heteroatoms. The van der Waals surface area contributed by atoms with E-state index in [9.17, 15) is 10.2 Å². The molecule has 0 fully saturated rings. The van der Waals surface area contributed by atoms with Crippen LogP contribution in [0.15, 0.2) is 46.5 Å². The van der Waals surface area contributed by atoms with Gasteiger partial charge >= 0.3 is 0 Å². The fourth-order valence-corrected chi connectivity index (χ4v) is 3.13. The predicted octanol–water partition coefficient (Wildman–Crippen LogP) is 3.26. The largest absolute Gasteiger partial charge is 0.375 e. The van der Waals surface area contributed by atoms with Gasteiger partial charge in [-0.1, -0.05) is 47.1 Å². The summed E-state index contributed by atoms with van der Waals surface area (Å²) in [5.41, 5.74) is 0. The highest BCUT2D eigenvalue weighted by Crippen LogP contribution is 2.44. The smallest absolute Gasteiger partial charge is 0.135 e. The van der Waals surface area contributed by atoms with Gasteiger partial charge in [-0.15, -0.1) is 0 Å². The number of thioether (sulfide) groups is 1. The second-order valence-electron chi connectivity index (χ2n) is 4.04. The maximum absolute atomic E-state index is 10.3. The highest BCUT2D eigenvalue weighted by atomic mass is 35.5. The van der Waals surface area contributed by atoms with E-state index in [2.05, 4.69) is 0 Å². The Kier molecular flexibility index (Phi) is 3.76. The summed E-state index contributed by atoms with van der Waals surface area (Å²) in [6.45, 7) is 0. The summed E-state index contributed by atoms with van der Waals surface area (Å²) in [5.74, 6) is 0. The Morgan fingerprint density at radius 1 is 0.941 bits per heavy atom. The van der Waals surface area contributed by atoms with Crippen molar-refractivity contribution in [2.75, 3.05) is 0 Å². The highest BCUT2D eigenvalue weighted by Gasteiger charge is 2.37. The molecule has 0 aromatic rings. The molecule has 2 aliphatic rings. The second-order valence-corrected chi connectivity index (χ2v) is 6.54. The van der Waals surface area contributed by atoms with Crippen molar-refractivity contribution in [3.63, 3.8) is 0 Å². The van der Waals surface area contributed by atoms with Gasteiger partial charge in [0.15, 0.2) is 0 Å². The van der Waals surface area contributed by atoms with Gasteiger partial charge in [0.2, 0.25) is 0 Å². The van der Waals surface area contributed by atoms with Crippen LogP contribution >= 0.6 is 35.0 Å². The highest BCUT2D eigenvalue weighted by molar-refractivity contribution is 8.01. The van der Waals surface area contributed by atoms with Crippen LogP contribution in [0.25, 0.3) is 0 Å². The maximum atomic E-state index is 10.3. The summed E-state index contributed by atoms with van der Waals surface area (Å²) >= 11 is 12.7. The molecule has 2 N–H and O–H groups in total. The first-order valence-corrected chi connectivity index (χ1v) is 6.73. The van der Waals surface area contributed by atoms with E-state index in [1.54, 1.807) is 36.5 Å². The summed E-state index contributed by atoms with van der Waals surface area (Å²) in [4.78, 5) is -2.26. The molecule has 0 radical (unpaired) electrons. The van der Waals surface area contributed by atoms with Crippen molar-refractivity contribution < 1.29 is 10.2 Å². The van der Waals surface area contributed by atoms with Crippen molar-refractivity contribution in [2.24, 2.45) is 0 Å². The van der Waals surface area contributed by atoms with E-state index >= 15 is 0 Å². The molecule has 2 nitrogen and oxygen atoms in total. The van der Waals surface area contributed by atoms with Crippen LogP contribution in [0.4, 0.5) is 0 Å². The number of allylic oxidation sites excluding steroid dienone is 4. The lowest BCUT2D eigenvalue weighted by Crippen LogP contribution is -2.33. The van der Waals surface area contributed by atoms with Crippen LogP contribution < -0.4 is 0 Å². The molecule has 0 aliphatic heterocycles. The van der Waals surface area contributed by atoms with Crippen molar-refractivity contribution in [1.29, 1.82) is 0 Å². The fourth-order valence-electron chi connectivity index (χ4n) is 1.64. The average molecular weight is 291 g/mol. The average Bonchev–Trinajstić information content (AvgIpc) is 2.28. The third-order valence-electron chi connectivity index (χ3n) is 2.54. The Hall–Kier alpha value is -0.190. The molecule has 2 aliphatic carbocycles. The number of hydrogen-bond donors (Lipinski definition) is 2. The topological polar surface area (TPSA) is 40.5 Å². The molecule has 92 valence electrons. The zero-order valence-electron chi connectivity index (χ0n) is 8.94. The number of halogens is 2. The molecule has 0 heterocycles. The van der Waals surface area contributed by atoms with Crippen molar-refractivity contribution >= 4 is 35.0 Å². The van der Waals surface area contributed by atoms with Crippen LogP contribution in [0.3, 0.4) is 0 Å². The Balaban J connectivity index is 2.07. The lowest BCUT2D eigenvalue weighted by Gasteiger charge is -2.34. The predicted molar refractivity (Wildman–Crippen MR) is 72.9 cm³/mol. The van der Waals surface area contributed by atoms with Crippen LogP contribution in [0.2, 0.25) is 0 Å². The van der Waals surface area contributed by atoms with Gasteiger partial charge in [-0.2, -0.15) is 0 Å².